The molecule has 0 bridgehead atoms. The van der Waals surface area contributed by atoms with Gasteiger partial charge < -0.3 is 11.1 Å². The molecule has 0 saturated carbocycles. The van der Waals surface area contributed by atoms with Crippen molar-refractivity contribution in [3.05, 3.63) is 46.0 Å². The van der Waals surface area contributed by atoms with Crippen LogP contribution >= 0.6 is 11.6 Å². The maximum atomic E-state index is 13.3. The van der Waals surface area contributed by atoms with Crippen molar-refractivity contribution < 1.29 is 13.2 Å². The summed E-state index contributed by atoms with van der Waals surface area (Å²) in [5.41, 5.74) is 7.08. The van der Waals surface area contributed by atoms with Gasteiger partial charge >= 0.3 is 6.18 Å². The molecule has 5 nitrogen and oxygen atoms in total. The number of nitrogens with two attached hydrogens (primary N) is 1. The van der Waals surface area contributed by atoms with Crippen molar-refractivity contribution in [2.45, 2.75) is 37.4 Å². The fourth-order valence-electron chi connectivity index (χ4n) is 4.77. The highest BCUT2D eigenvalue weighted by Gasteiger charge is 2.41. The van der Waals surface area contributed by atoms with Gasteiger partial charge in [-0.2, -0.15) is 13.2 Å². The summed E-state index contributed by atoms with van der Waals surface area (Å²) in [5.74, 6) is 0.239. The molecule has 0 aliphatic carbocycles. The second-order valence-electron chi connectivity index (χ2n) is 7.98. The van der Waals surface area contributed by atoms with E-state index in [9.17, 15) is 13.2 Å². The minimum atomic E-state index is -4.48. The maximum Gasteiger partial charge on any atom is 0.417 e. The van der Waals surface area contributed by atoms with E-state index < -0.39 is 11.7 Å². The zero-order valence-electron chi connectivity index (χ0n) is 16.1. The van der Waals surface area contributed by atoms with Crippen LogP contribution in [0.2, 0.25) is 5.02 Å². The summed E-state index contributed by atoms with van der Waals surface area (Å²) >= 11 is 5.80. The van der Waals surface area contributed by atoms with E-state index in [-0.39, 0.29) is 23.3 Å². The molecule has 4 atom stereocenters. The number of benzene rings is 1. The average Bonchev–Trinajstić information content (AvgIpc) is 3.38. The van der Waals surface area contributed by atoms with Crippen molar-refractivity contribution in [3.63, 3.8) is 0 Å². The Morgan fingerprint density at radius 1 is 1.28 bits per heavy atom. The van der Waals surface area contributed by atoms with Crippen LogP contribution in [0.4, 0.5) is 13.2 Å². The minimum Gasteiger partial charge on any atom is -0.329 e. The van der Waals surface area contributed by atoms with E-state index in [1.807, 2.05) is 0 Å². The largest absolute Gasteiger partial charge is 0.417 e. The molecule has 160 valence electrons. The molecule has 29 heavy (non-hydrogen) atoms. The molecule has 0 spiro atoms. The average molecular weight is 430 g/mol. The molecule has 3 unspecified atom stereocenters. The van der Waals surface area contributed by atoms with Gasteiger partial charge in [0.1, 0.15) is 0 Å². The van der Waals surface area contributed by atoms with Crippen LogP contribution in [-0.4, -0.2) is 49.8 Å². The SMILES string of the molecule is NC[C@H]1CCCN1C1NC(c2ccc(Cl)c(C(F)(F)F)c2)NCC1C1=CCNC1. The normalized spacial score (nSPS) is 31.3. The van der Waals surface area contributed by atoms with Crippen molar-refractivity contribution in [1.29, 1.82) is 0 Å². The summed E-state index contributed by atoms with van der Waals surface area (Å²) in [6.07, 6.45) is -0.489. The van der Waals surface area contributed by atoms with Crippen molar-refractivity contribution >= 4 is 11.6 Å². The zero-order valence-corrected chi connectivity index (χ0v) is 16.9. The predicted octanol–water partition coefficient (Wildman–Crippen LogP) is 2.45. The lowest BCUT2D eigenvalue weighted by molar-refractivity contribution is -0.137. The Morgan fingerprint density at radius 2 is 2.10 bits per heavy atom. The van der Waals surface area contributed by atoms with Crippen molar-refractivity contribution in [2.75, 3.05) is 32.7 Å². The number of alkyl halides is 3. The van der Waals surface area contributed by atoms with Gasteiger partial charge in [0.2, 0.25) is 0 Å². The molecule has 4 rings (SSSR count). The van der Waals surface area contributed by atoms with Gasteiger partial charge in [0.05, 0.1) is 22.9 Å². The standard InChI is InChI=1S/C20H27ClF3N5/c21-17-4-3-12(8-16(17)20(22,23)24)18-27-11-15(13-5-6-26-10-13)19(28-18)29-7-1-2-14(29)9-25/h3-5,8,14-15,18-19,26-28H,1-2,6-7,9-11,25H2/t14-,15?,18?,19?/m1/s1. The number of likely N-dealkylation sites (tertiary alicyclic amines) is 1. The lowest BCUT2D eigenvalue weighted by atomic mass is 9.91. The van der Waals surface area contributed by atoms with Gasteiger partial charge in [-0.15, -0.1) is 0 Å². The third-order valence-electron chi connectivity index (χ3n) is 6.26. The Morgan fingerprint density at radius 3 is 2.79 bits per heavy atom. The van der Waals surface area contributed by atoms with Gasteiger partial charge in [-0.25, -0.2) is 0 Å². The molecule has 1 aromatic rings. The van der Waals surface area contributed by atoms with Crippen LogP contribution in [-0.2, 0) is 6.18 Å². The molecule has 3 heterocycles. The van der Waals surface area contributed by atoms with E-state index in [1.54, 1.807) is 6.07 Å². The van der Waals surface area contributed by atoms with Gasteiger partial charge in [-0.05, 0) is 30.5 Å². The summed E-state index contributed by atoms with van der Waals surface area (Å²) in [4.78, 5) is 2.40. The van der Waals surface area contributed by atoms with E-state index in [0.717, 1.165) is 38.5 Å². The molecule has 0 aromatic heterocycles. The Kier molecular flexibility index (Phi) is 6.20. The van der Waals surface area contributed by atoms with Crippen LogP contribution in [0, 0.1) is 5.92 Å². The molecular weight excluding hydrogens is 403 g/mol. The third kappa shape index (κ3) is 4.33. The number of nitrogens with zero attached hydrogens (tertiary/aromatic N) is 1. The monoisotopic (exact) mass is 429 g/mol. The van der Waals surface area contributed by atoms with Crippen LogP contribution in [0.5, 0.6) is 0 Å². The van der Waals surface area contributed by atoms with Gasteiger partial charge in [0, 0.05) is 44.7 Å². The molecule has 9 heteroatoms. The number of hydrogen-bond acceptors (Lipinski definition) is 5. The van der Waals surface area contributed by atoms with E-state index >= 15 is 0 Å². The quantitative estimate of drug-likeness (QED) is 0.554. The predicted molar refractivity (Wildman–Crippen MR) is 107 cm³/mol. The van der Waals surface area contributed by atoms with E-state index in [2.05, 4.69) is 26.9 Å². The first kappa shape index (κ1) is 21.1. The number of halogens is 4. The van der Waals surface area contributed by atoms with E-state index in [1.165, 1.54) is 11.6 Å². The molecule has 1 aromatic carbocycles. The molecule has 0 radical (unpaired) electrons. The second-order valence-corrected chi connectivity index (χ2v) is 8.38. The molecule has 0 amide bonds. The number of rotatable bonds is 4. The fourth-order valence-corrected chi connectivity index (χ4v) is 4.99. The van der Waals surface area contributed by atoms with Gasteiger partial charge in [0.25, 0.3) is 0 Å². The van der Waals surface area contributed by atoms with E-state index in [0.29, 0.717) is 24.7 Å². The Labute approximate surface area is 173 Å². The van der Waals surface area contributed by atoms with Gasteiger partial charge in [0.15, 0.2) is 0 Å². The highest BCUT2D eigenvalue weighted by molar-refractivity contribution is 6.31. The van der Waals surface area contributed by atoms with Crippen molar-refractivity contribution in [2.24, 2.45) is 11.7 Å². The first-order chi connectivity index (χ1) is 13.9. The van der Waals surface area contributed by atoms with Crippen LogP contribution in [0.3, 0.4) is 0 Å². The molecule has 2 fully saturated rings. The smallest absolute Gasteiger partial charge is 0.329 e. The van der Waals surface area contributed by atoms with Crippen LogP contribution in [0.1, 0.15) is 30.1 Å². The maximum absolute atomic E-state index is 13.3. The number of nitrogens with one attached hydrogen (secondary N) is 3. The van der Waals surface area contributed by atoms with E-state index in [4.69, 9.17) is 17.3 Å². The summed E-state index contributed by atoms with van der Waals surface area (Å²) in [6, 6.07) is 4.41. The first-order valence-electron chi connectivity index (χ1n) is 10.1. The Hall–Kier alpha value is -1.16. The first-order valence-corrected chi connectivity index (χ1v) is 10.5. The number of hydrogen-bond donors (Lipinski definition) is 4. The molecule has 3 aliphatic heterocycles. The van der Waals surface area contributed by atoms with Crippen LogP contribution < -0.4 is 21.7 Å². The second kappa shape index (κ2) is 8.53. The summed E-state index contributed by atoms with van der Waals surface area (Å²) in [7, 11) is 0. The van der Waals surface area contributed by atoms with Crippen LogP contribution in [0.15, 0.2) is 29.8 Å². The minimum absolute atomic E-state index is 0.0217. The van der Waals surface area contributed by atoms with Crippen molar-refractivity contribution in [3.8, 4) is 0 Å². The highest BCUT2D eigenvalue weighted by Crippen LogP contribution is 2.37. The van der Waals surface area contributed by atoms with Crippen LogP contribution in [0.25, 0.3) is 0 Å². The zero-order chi connectivity index (χ0) is 20.6. The molecule has 2 saturated heterocycles. The third-order valence-corrected chi connectivity index (χ3v) is 6.59. The highest BCUT2D eigenvalue weighted by atomic mass is 35.5. The summed E-state index contributed by atoms with van der Waals surface area (Å²) < 4.78 is 40.0. The molecule has 3 aliphatic rings. The molecular formula is C20H27ClF3N5. The lowest BCUT2D eigenvalue weighted by Gasteiger charge is -2.45. The summed E-state index contributed by atoms with van der Waals surface area (Å²) in [5, 5.41) is 10.0. The Balaban J connectivity index is 1.61. The fraction of sp³-hybridized carbons (Fsp3) is 0.600. The lowest BCUT2D eigenvalue weighted by Crippen LogP contribution is -2.62. The topological polar surface area (TPSA) is 65.3 Å². The Bertz CT molecular complexity index is 769. The van der Waals surface area contributed by atoms with Gasteiger partial charge in [-0.1, -0.05) is 29.3 Å². The molecule has 5 N–H and O–H groups in total. The van der Waals surface area contributed by atoms with Crippen molar-refractivity contribution in [1.82, 2.24) is 20.9 Å². The summed E-state index contributed by atoms with van der Waals surface area (Å²) in [6.45, 7) is 3.91. The van der Waals surface area contributed by atoms with Gasteiger partial charge in [-0.3, -0.25) is 15.5 Å².